The second-order valence-electron chi connectivity index (χ2n) is 6.18. The fraction of sp³-hybridized carbons (Fsp3) is 0.923. The standard InChI is InChI=1S/C13H23NO2/c1-9(2)16-11(15)10-12(3,4)13(5)7-6-8-14(10)13/h9-10H,6-8H2,1-5H3/t10-,13+/m1/s1. The molecule has 2 saturated heterocycles. The van der Waals surface area contributed by atoms with E-state index in [1.807, 2.05) is 13.8 Å². The molecule has 0 N–H and O–H groups in total. The van der Waals surface area contributed by atoms with Crippen molar-refractivity contribution in [2.24, 2.45) is 5.41 Å². The number of carbonyl (C=O) groups excluding carboxylic acids is 1. The highest BCUT2D eigenvalue weighted by molar-refractivity contribution is 5.79. The van der Waals surface area contributed by atoms with Gasteiger partial charge in [0, 0.05) is 11.0 Å². The van der Waals surface area contributed by atoms with E-state index >= 15 is 0 Å². The fourth-order valence-electron chi connectivity index (χ4n) is 3.43. The second-order valence-corrected chi connectivity index (χ2v) is 6.18. The van der Waals surface area contributed by atoms with Crippen LogP contribution in [0.3, 0.4) is 0 Å². The number of hydrogen-bond donors (Lipinski definition) is 0. The largest absolute Gasteiger partial charge is 0.462 e. The smallest absolute Gasteiger partial charge is 0.324 e. The van der Waals surface area contributed by atoms with Gasteiger partial charge in [-0.1, -0.05) is 13.8 Å². The van der Waals surface area contributed by atoms with Crippen molar-refractivity contribution < 1.29 is 9.53 Å². The van der Waals surface area contributed by atoms with Gasteiger partial charge in [0.15, 0.2) is 0 Å². The molecule has 0 aromatic carbocycles. The van der Waals surface area contributed by atoms with Crippen molar-refractivity contribution in [1.29, 1.82) is 0 Å². The first-order valence-corrected chi connectivity index (χ1v) is 6.28. The number of rotatable bonds is 2. The van der Waals surface area contributed by atoms with Crippen LogP contribution in [0.5, 0.6) is 0 Å². The minimum absolute atomic E-state index is 0.0160. The van der Waals surface area contributed by atoms with Crippen LogP contribution in [0.4, 0.5) is 0 Å². The Morgan fingerprint density at radius 2 is 2.00 bits per heavy atom. The molecule has 16 heavy (non-hydrogen) atoms. The number of esters is 1. The fourth-order valence-corrected chi connectivity index (χ4v) is 3.43. The maximum absolute atomic E-state index is 12.1. The monoisotopic (exact) mass is 225 g/mol. The number of carbonyl (C=O) groups is 1. The van der Waals surface area contributed by atoms with E-state index in [0.29, 0.717) is 0 Å². The molecule has 3 nitrogen and oxygen atoms in total. The first kappa shape index (κ1) is 11.9. The molecule has 0 unspecified atom stereocenters. The number of ether oxygens (including phenoxy) is 1. The molecule has 0 aromatic heterocycles. The van der Waals surface area contributed by atoms with Crippen molar-refractivity contribution in [1.82, 2.24) is 4.90 Å². The Balaban J connectivity index is 2.15. The van der Waals surface area contributed by atoms with Crippen molar-refractivity contribution in [3.8, 4) is 0 Å². The molecule has 2 atom stereocenters. The van der Waals surface area contributed by atoms with Crippen LogP contribution in [-0.4, -0.2) is 35.1 Å². The summed E-state index contributed by atoms with van der Waals surface area (Å²) in [6, 6.07) is -0.0394. The van der Waals surface area contributed by atoms with Gasteiger partial charge < -0.3 is 4.74 Å². The first-order chi connectivity index (χ1) is 7.30. The lowest BCUT2D eigenvalue weighted by Crippen LogP contribution is -2.76. The Morgan fingerprint density at radius 3 is 2.56 bits per heavy atom. The van der Waals surface area contributed by atoms with E-state index < -0.39 is 0 Å². The third-order valence-corrected chi connectivity index (χ3v) is 4.65. The second kappa shape index (κ2) is 3.46. The Morgan fingerprint density at radius 1 is 1.38 bits per heavy atom. The first-order valence-electron chi connectivity index (χ1n) is 6.28. The SMILES string of the molecule is CC(C)OC(=O)[C@H]1N2CCC[C@@]2(C)C1(C)C. The van der Waals surface area contributed by atoms with Gasteiger partial charge in [-0.3, -0.25) is 9.69 Å². The minimum Gasteiger partial charge on any atom is -0.462 e. The van der Waals surface area contributed by atoms with E-state index in [1.54, 1.807) is 0 Å². The lowest BCUT2D eigenvalue weighted by molar-refractivity contribution is -0.200. The molecule has 2 fully saturated rings. The molecule has 3 heteroatoms. The zero-order chi connectivity index (χ0) is 12.1. The van der Waals surface area contributed by atoms with Gasteiger partial charge in [-0.05, 0) is 40.2 Å². The Kier molecular flexibility index (Phi) is 2.57. The third kappa shape index (κ3) is 1.33. The Hall–Kier alpha value is -0.570. The van der Waals surface area contributed by atoms with Crippen molar-refractivity contribution >= 4 is 5.97 Å². The van der Waals surface area contributed by atoms with Crippen molar-refractivity contribution in [3.05, 3.63) is 0 Å². The van der Waals surface area contributed by atoms with Crippen LogP contribution in [0, 0.1) is 5.41 Å². The summed E-state index contributed by atoms with van der Waals surface area (Å²) >= 11 is 0. The van der Waals surface area contributed by atoms with Crippen LogP contribution in [0.15, 0.2) is 0 Å². The van der Waals surface area contributed by atoms with Crippen LogP contribution < -0.4 is 0 Å². The normalized spacial score (nSPS) is 37.0. The van der Waals surface area contributed by atoms with Crippen LogP contribution >= 0.6 is 0 Å². The van der Waals surface area contributed by atoms with Gasteiger partial charge in [-0.2, -0.15) is 0 Å². The lowest BCUT2D eigenvalue weighted by Gasteiger charge is -2.64. The van der Waals surface area contributed by atoms with Gasteiger partial charge in [0.05, 0.1) is 6.10 Å². The quantitative estimate of drug-likeness (QED) is 0.675. The molecule has 0 aliphatic carbocycles. The molecular formula is C13H23NO2. The third-order valence-electron chi connectivity index (χ3n) is 4.65. The average molecular weight is 225 g/mol. The summed E-state index contributed by atoms with van der Waals surface area (Å²) in [6.07, 6.45) is 2.38. The van der Waals surface area contributed by atoms with Crippen molar-refractivity contribution in [2.75, 3.05) is 6.54 Å². The van der Waals surface area contributed by atoms with E-state index in [0.717, 1.165) is 6.54 Å². The zero-order valence-corrected chi connectivity index (χ0v) is 11.0. The van der Waals surface area contributed by atoms with Crippen LogP contribution in [0.2, 0.25) is 0 Å². The summed E-state index contributed by atoms with van der Waals surface area (Å²) in [5, 5.41) is 0. The molecule has 0 saturated carbocycles. The summed E-state index contributed by atoms with van der Waals surface area (Å²) in [5.74, 6) is -0.0422. The van der Waals surface area contributed by atoms with E-state index in [4.69, 9.17) is 4.74 Å². The van der Waals surface area contributed by atoms with Crippen LogP contribution in [0.25, 0.3) is 0 Å². The molecule has 0 radical (unpaired) electrons. The molecule has 2 aliphatic heterocycles. The van der Waals surface area contributed by atoms with Crippen LogP contribution in [0.1, 0.15) is 47.5 Å². The molecule has 0 aromatic rings. The lowest BCUT2D eigenvalue weighted by atomic mass is 9.59. The summed E-state index contributed by atoms with van der Waals surface area (Å²) in [7, 11) is 0. The number of hydrogen-bond acceptors (Lipinski definition) is 3. The average Bonchev–Trinajstić information content (AvgIpc) is 2.45. The van der Waals surface area contributed by atoms with Crippen molar-refractivity contribution in [3.63, 3.8) is 0 Å². The van der Waals surface area contributed by atoms with E-state index in [1.165, 1.54) is 12.8 Å². The predicted molar refractivity (Wildman–Crippen MR) is 63.1 cm³/mol. The summed E-state index contributed by atoms with van der Waals surface area (Å²) in [4.78, 5) is 14.4. The predicted octanol–water partition coefficient (Wildman–Crippen LogP) is 2.20. The minimum atomic E-state index is -0.0422. The molecule has 2 rings (SSSR count). The van der Waals surface area contributed by atoms with Crippen LogP contribution in [-0.2, 0) is 9.53 Å². The van der Waals surface area contributed by atoms with E-state index in [-0.39, 0.29) is 29.1 Å². The highest BCUT2D eigenvalue weighted by Crippen LogP contribution is 2.57. The van der Waals surface area contributed by atoms with E-state index in [9.17, 15) is 4.79 Å². The van der Waals surface area contributed by atoms with Gasteiger partial charge in [0.25, 0.3) is 0 Å². The molecular weight excluding hydrogens is 202 g/mol. The van der Waals surface area contributed by atoms with Gasteiger partial charge in [-0.25, -0.2) is 0 Å². The number of fused-ring (bicyclic) bond motifs is 1. The molecule has 92 valence electrons. The molecule has 2 aliphatic rings. The Labute approximate surface area is 98.1 Å². The van der Waals surface area contributed by atoms with E-state index in [2.05, 4.69) is 25.7 Å². The van der Waals surface area contributed by atoms with Gasteiger partial charge in [0.1, 0.15) is 6.04 Å². The topological polar surface area (TPSA) is 29.5 Å². The molecule has 0 amide bonds. The molecule has 2 heterocycles. The molecule has 0 spiro atoms. The highest BCUT2D eigenvalue weighted by Gasteiger charge is 2.67. The van der Waals surface area contributed by atoms with Gasteiger partial charge >= 0.3 is 5.97 Å². The summed E-state index contributed by atoms with van der Waals surface area (Å²) < 4.78 is 5.36. The summed E-state index contributed by atoms with van der Waals surface area (Å²) in [5.41, 5.74) is 0.239. The van der Waals surface area contributed by atoms with Crippen molar-refractivity contribution in [2.45, 2.75) is 65.1 Å². The van der Waals surface area contributed by atoms with Gasteiger partial charge in [-0.15, -0.1) is 0 Å². The maximum Gasteiger partial charge on any atom is 0.324 e. The number of nitrogens with zero attached hydrogens (tertiary/aromatic N) is 1. The highest BCUT2D eigenvalue weighted by atomic mass is 16.5. The van der Waals surface area contributed by atoms with Gasteiger partial charge in [0.2, 0.25) is 0 Å². The maximum atomic E-state index is 12.1. The zero-order valence-electron chi connectivity index (χ0n) is 11.0. The Bertz CT molecular complexity index is 311. The molecule has 0 bridgehead atoms. The summed E-state index contributed by atoms with van der Waals surface area (Å²) in [6.45, 7) is 11.5.